The lowest BCUT2D eigenvalue weighted by atomic mass is 9.98. The normalized spacial score (nSPS) is 13.4. The minimum atomic E-state index is -4.96. The van der Waals surface area contributed by atoms with Gasteiger partial charge in [0.25, 0.3) is 11.8 Å². The van der Waals surface area contributed by atoms with Gasteiger partial charge in [0.1, 0.15) is 0 Å². The summed E-state index contributed by atoms with van der Waals surface area (Å²) in [5, 5.41) is 5.34. The van der Waals surface area contributed by atoms with Crippen LogP contribution in [-0.4, -0.2) is 34.1 Å². The van der Waals surface area contributed by atoms with Crippen LogP contribution in [0.1, 0.15) is 55.5 Å². The first-order valence-corrected chi connectivity index (χ1v) is 14.1. The number of aryl methyl sites for hydroxylation is 1. The smallest absolute Gasteiger partial charge is 0.349 e. The fourth-order valence-electron chi connectivity index (χ4n) is 4.16. The molecule has 0 spiro atoms. The predicted molar refractivity (Wildman–Crippen MR) is 146 cm³/mol. The Balaban J connectivity index is 1.84. The van der Waals surface area contributed by atoms with Crippen LogP contribution in [0.4, 0.5) is 32.0 Å². The number of hydrogen-bond acceptors (Lipinski definition) is 3. The van der Waals surface area contributed by atoms with Gasteiger partial charge in [-0.1, -0.05) is 29.8 Å². The molecule has 1 unspecified atom stereocenters. The van der Waals surface area contributed by atoms with E-state index in [1.54, 1.807) is 13.8 Å². The van der Waals surface area contributed by atoms with Crippen molar-refractivity contribution in [2.75, 3.05) is 17.3 Å². The molecule has 220 valence electrons. The summed E-state index contributed by atoms with van der Waals surface area (Å²) in [4.78, 5) is 26.0. The molecule has 0 aromatic heterocycles. The van der Waals surface area contributed by atoms with Crippen molar-refractivity contribution in [3.63, 3.8) is 0 Å². The van der Waals surface area contributed by atoms with Crippen LogP contribution in [0, 0.1) is 6.92 Å². The van der Waals surface area contributed by atoms with Gasteiger partial charge in [-0.05, 0) is 73.4 Å². The Kier molecular flexibility index (Phi) is 9.91. The lowest BCUT2D eigenvalue weighted by molar-refractivity contribution is -0.143. The number of hydrogen-bond donors (Lipinski definition) is 2. The van der Waals surface area contributed by atoms with Crippen molar-refractivity contribution in [3.8, 4) is 0 Å². The van der Waals surface area contributed by atoms with E-state index in [0.29, 0.717) is 28.9 Å². The van der Waals surface area contributed by atoms with Gasteiger partial charge in [0, 0.05) is 34.5 Å². The summed E-state index contributed by atoms with van der Waals surface area (Å²) < 4.78 is 90.8. The van der Waals surface area contributed by atoms with E-state index in [0.717, 1.165) is 0 Å². The lowest BCUT2D eigenvalue weighted by Gasteiger charge is -2.17. The van der Waals surface area contributed by atoms with Gasteiger partial charge in [-0.25, -0.2) is 0 Å². The van der Waals surface area contributed by atoms with Crippen LogP contribution >= 0.6 is 11.6 Å². The molecule has 0 saturated heterocycles. The van der Waals surface area contributed by atoms with Crippen LogP contribution in [0.5, 0.6) is 0 Å². The highest BCUT2D eigenvalue weighted by molar-refractivity contribution is 7.84. The number of alkyl halides is 6. The van der Waals surface area contributed by atoms with Gasteiger partial charge in [-0.15, -0.1) is 0 Å². The van der Waals surface area contributed by atoms with Crippen LogP contribution in [0.3, 0.4) is 0 Å². The number of carbonyl (C=O) groups is 2. The summed E-state index contributed by atoms with van der Waals surface area (Å²) >= 11 is 6.23. The van der Waals surface area contributed by atoms with E-state index in [9.17, 15) is 40.1 Å². The maximum Gasteiger partial charge on any atom is 0.416 e. The number of anilines is 1. The van der Waals surface area contributed by atoms with E-state index in [4.69, 9.17) is 11.6 Å². The van der Waals surface area contributed by atoms with Gasteiger partial charge in [-0.2, -0.15) is 26.3 Å². The maximum absolute atomic E-state index is 13.2. The van der Waals surface area contributed by atoms with Gasteiger partial charge < -0.3 is 10.6 Å². The molecule has 0 aliphatic rings. The minimum absolute atomic E-state index is 0.0198. The average Bonchev–Trinajstić information content (AvgIpc) is 2.83. The molecule has 2 N–H and O–H groups in total. The molecule has 5 nitrogen and oxygen atoms in total. The van der Waals surface area contributed by atoms with Crippen molar-refractivity contribution in [1.82, 2.24) is 5.32 Å². The van der Waals surface area contributed by atoms with Crippen molar-refractivity contribution in [3.05, 3.63) is 98.6 Å². The van der Waals surface area contributed by atoms with E-state index in [2.05, 4.69) is 10.6 Å². The van der Waals surface area contributed by atoms with Crippen LogP contribution in [0.15, 0.2) is 54.6 Å². The van der Waals surface area contributed by atoms with Crippen LogP contribution in [-0.2, 0) is 29.6 Å². The van der Waals surface area contributed by atoms with Crippen molar-refractivity contribution in [2.24, 2.45) is 0 Å². The molecule has 2 atom stereocenters. The number of halogens is 7. The fraction of sp³-hybridized carbons (Fsp3) is 0.286. The molecular formula is C28H25ClF6N2O3S. The zero-order valence-corrected chi connectivity index (χ0v) is 23.5. The highest BCUT2D eigenvalue weighted by Crippen LogP contribution is 2.37. The van der Waals surface area contributed by atoms with Gasteiger partial charge >= 0.3 is 12.4 Å². The van der Waals surface area contributed by atoms with E-state index in [-0.39, 0.29) is 40.0 Å². The second-order valence-electron chi connectivity index (χ2n) is 9.47. The molecule has 3 rings (SSSR count). The molecule has 0 aliphatic heterocycles. The maximum atomic E-state index is 13.2. The standard InChI is InChI=1S/C28H25ClF6N2O3S/c1-15-9-17(10-18-11-19(27(30,31)32)13-20(12-18)28(33,34)35)7-8-23(15)37-25(38)21-5-4-6-22(29)24(21)26(39)36-16(2)14-41(3)40/h4-9,11-13,16H,10,14H2,1-3H3,(H,36,39)(H,37,38)/t16-,41?/m0/s1. The second kappa shape index (κ2) is 12.6. The Hall–Kier alpha value is -3.38. The Bertz CT molecular complexity index is 1460. The minimum Gasteiger partial charge on any atom is -0.349 e. The van der Waals surface area contributed by atoms with E-state index in [1.165, 1.54) is 42.7 Å². The molecule has 0 fully saturated rings. The molecule has 3 aromatic carbocycles. The third-order valence-electron chi connectivity index (χ3n) is 5.94. The van der Waals surface area contributed by atoms with Crippen LogP contribution in [0.2, 0.25) is 5.02 Å². The average molecular weight is 619 g/mol. The molecule has 0 saturated carbocycles. The Morgan fingerprint density at radius 3 is 2.05 bits per heavy atom. The molecule has 0 bridgehead atoms. The topological polar surface area (TPSA) is 75.3 Å². The molecule has 13 heteroatoms. The number of rotatable bonds is 8. The molecule has 3 aromatic rings. The zero-order chi connectivity index (χ0) is 30.7. The highest BCUT2D eigenvalue weighted by Gasteiger charge is 2.36. The Morgan fingerprint density at radius 1 is 0.902 bits per heavy atom. The third-order valence-corrected chi connectivity index (χ3v) is 7.23. The van der Waals surface area contributed by atoms with Gasteiger partial charge in [0.15, 0.2) is 0 Å². The first-order valence-electron chi connectivity index (χ1n) is 12.0. The van der Waals surface area contributed by atoms with Crippen molar-refractivity contribution < 1.29 is 40.1 Å². The summed E-state index contributed by atoms with van der Waals surface area (Å²) in [6.07, 6.45) is -8.64. The second-order valence-corrected chi connectivity index (χ2v) is 11.4. The molecule has 0 aliphatic carbocycles. The molecule has 0 radical (unpaired) electrons. The largest absolute Gasteiger partial charge is 0.416 e. The Labute approximate surface area is 239 Å². The van der Waals surface area contributed by atoms with Crippen molar-refractivity contribution in [2.45, 2.75) is 38.7 Å². The molecule has 0 heterocycles. The predicted octanol–water partition coefficient (Wildman–Crippen LogP) is 7.03. The van der Waals surface area contributed by atoms with E-state index >= 15 is 0 Å². The van der Waals surface area contributed by atoms with E-state index in [1.807, 2.05) is 0 Å². The van der Waals surface area contributed by atoms with Gasteiger partial charge in [-0.3, -0.25) is 13.8 Å². The summed E-state index contributed by atoms with van der Waals surface area (Å²) in [5.74, 6) is -1.11. The van der Waals surface area contributed by atoms with Crippen LogP contribution in [0.25, 0.3) is 0 Å². The molecular weight excluding hydrogens is 594 g/mol. The quantitative estimate of drug-likeness (QED) is 0.266. The molecule has 41 heavy (non-hydrogen) atoms. The summed E-state index contributed by atoms with van der Waals surface area (Å²) in [6.45, 7) is 3.26. The number of benzene rings is 3. The SMILES string of the molecule is Cc1cc(Cc2cc(C(F)(F)F)cc(C(F)(F)F)c2)ccc1NC(=O)c1cccc(Cl)c1C(=O)N[C@@H](C)CS(C)=O. The Morgan fingerprint density at radius 2 is 1.51 bits per heavy atom. The number of amides is 2. The van der Waals surface area contributed by atoms with Crippen LogP contribution < -0.4 is 10.6 Å². The lowest BCUT2D eigenvalue weighted by Crippen LogP contribution is -2.37. The molecule has 2 amide bonds. The van der Waals surface area contributed by atoms with Crippen molar-refractivity contribution >= 4 is 39.9 Å². The van der Waals surface area contributed by atoms with Gasteiger partial charge in [0.2, 0.25) is 0 Å². The fourth-order valence-corrected chi connectivity index (χ4v) is 5.20. The summed E-state index contributed by atoms with van der Waals surface area (Å²) in [5.41, 5.74) is -1.90. The summed E-state index contributed by atoms with van der Waals surface area (Å²) in [6, 6.07) is 9.73. The number of carbonyl (C=O) groups excluding carboxylic acids is 2. The zero-order valence-electron chi connectivity index (χ0n) is 22.0. The third kappa shape index (κ3) is 8.56. The highest BCUT2D eigenvalue weighted by atomic mass is 35.5. The first kappa shape index (κ1) is 32.1. The monoisotopic (exact) mass is 618 g/mol. The number of nitrogens with one attached hydrogen (secondary N) is 2. The first-order chi connectivity index (χ1) is 19.0. The van der Waals surface area contributed by atoms with Gasteiger partial charge in [0.05, 0.1) is 27.3 Å². The van der Waals surface area contributed by atoms with Crippen molar-refractivity contribution in [1.29, 1.82) is 0 Å². The summed E-state index contributed by atoms with van der Waals surface area (Å²) in [7, 11) is -1.17. The van der Waals surface area contributed by atoms with E-state index < -0.39 is 52.1 Å².